The van der Waals surface area contributed by atoms with Gasteiger partial charge in [-0.1, -0.05) is 0 Å². The van der Waals surface area contributed by atoms with Crippen LogP contribution in [0, 0.1) is 0 Å². The molecule has 2 aromatic carbocycles. The monoisotopic (exact) mass is 421 g/mol. The minimum absolute atomic E-state index is 0.0815. The van der Waals surface area contributed by atoms with Crippen molar-refractivity contribution >= 4 is 27.5 Å². The molecule has 0 atom stereocenters. The van der Waals surface area contributed by atoms with Crippen molar-refractivity contribution in [3.8, 4) is 27.8 Å². The third-order valence-electron chi connectivity index (χ3n) is 4.79. The Morgan fingerprint density at radius 2 is 1.72 bits per heavy atom. The first kappa shape index (κ1) is 19.4. The summed E-state index contributed by atoms with van der Waals surface area (Å²) in [7, 11) is 2.54. The van der Waals surface area contributed by atoms with Crippen LogP contribution in [0.5, 0.6) is 17.2 Å². The number of carbonyl (C=O) groups is 1. The predicted octanol–water partition coefficient (Wildman–Crippen LogP) is 4.53. The van der Waals surface area contributed by atoms with E-state index in [2.05, 4.69) is 21.9 Å². The Bertz CT molecular complexity index is 1050. The molecule has 0 saturated heterocycles. The van der Waals surface area contributed by atoms with Crippen LogP contribution in [0.2, 0.25) is 0 Å². The molecule has 1 aliphatic rings. The second-order valence-corrected chi connectivity index (χ2v) is 7.63. The van der Waals surface area contributed by atoms with Gasteiger partial charge in [0.25, 0.3) is 0 Å². The van der Waals surface area contributed by atoms with Gasteiger partial charge in [-0.2, -0.15) is 8.78 Å². The van der Waals surface area contributed by atoms with Crippen molar-refractivity contribution in [3.63, 3.8) is 0 Å². The van der Waals surface area contributed by atoms with Gasteiger partial charge in [-0.05, 0) is 54.7 Å². The highest BCUT2D eigenvalue weighted by molar-refractivity contribution is 7.21. The van der Waals surface area contributed by atoms with Gasteiger partial charge in [0.2, 0.25) is 5.75 Å². The molecule has 4 rings (SSSR count). The highest BCUT2D eigenvalue weighted by atomic mass is 32.1. The summed E-state index contributed by atoms with van der Waals surface area (Å²) >= 11 is 1.47. The van der Waals surface area contributed by atoms with Crippen LogP contribution in [0.4, 0.5) is 8.78 Å². The van der Waals surface area contributed by atoms with Crippen LogP contribution >= 0.6 is 11.3 Å². The van der Waals surface area contributed by atoms with E-state index >= 15 is 0 Å². The van der Waals surface area contributed by atoms with Gasteiger partial charge in [0.05, 0.1) is 24.4 Å². The lowest BCUT2D eigenvalue weighted by Crippen LogP contribution is -2.35. The van der Waals surface area contributed by atoms with Gasteiger partial charge in [0.1, 0.15) is 5.01 Å². The number of methoxy groups -OCH3 is 2. The highest BCUT2D eigenvalue weighted by Crippen LogP contribution is 2.45. The quantitative estimate of drug-likeness (QED) is 0.630. The fraction of sp³-hybridized carbons (Fsp3) is 0.300. The zero-order chi connectivity index (χ0) is 20.8. The maximum atomic E-state index is 13.6. The molecule has 0 amide bonds. The SMILES string of the molecule is COc1cc(-c2nc3cc4c(cc3s2)CCC4)cc(OC)c1OC(F)(F)C(=O)O. The van der Waals surface area contributed by atoms with Crippen LogP contribution in [0.25, 0.3) is 20.8 Å². The average Bonchev–Trinajstić information content (AvgIpc) is 3.31. The van der Waals surface area contributed by atoms with Gasteiger partial charge in [0.15, 0.2) is 11.5 Å². The maximum Gasteiger partial charge on any atom is 0.502 e. The molecule has 3 aromatic rings. The van der Waals surface area contributed by atoms with Crippen molar-refractivity contribution in [3.05, 3.63) is 35.4 Å². The second-order valence-electron chi connectivity index (χ2n) is 6.60. The molecular weight excluding hydrogens is 404 g/mol. The first-order valence-electron chi connectivity index (χ1n) is 8.81. The van der Waals surface area contributed by atoms with Crippen molar-refractivity contribution in [2.45, 2.75) is 25.4 Å². The predicted molar refractivity (Wildman–Crippen MR) is 103 cm³/mol. The molecule has 0 bridgehead atoms. The van der Waals surface area contributed by atoms with E-state index in [9.17, 15) is 13.6 Å². The minimum atomic E-state index is -4.43. The minimum Gasteiger partial charge on any atom is -0.493 e. The standard InChI is InChI=1S/C20H17F2NO5S/c1-26-14-7-12(8-15(27-2)17(14)28-20(21,22)19(24)25)18-23-13-6-10-4-3-5-11(10)9-16(13)29-18/h6-9H,3-5H2,1-2H3,(H,24,25). The number of benzene rings is 2. The molecule has 0 unspecified atom stereocenters. The number of halogens is 2. The Morgan fingerprint density at radius 3 is 2.31 bits per heavy atom. The number of carboxylic acid groups (broad SMARTS) is 1. The van der Waals surface area contributed by atoms with Gasteiger partial charge in [-0.15, -0.1) is 11.3 Å². The lowest BCUT2D eigenvalue weighted by molar-refractivity contribution is -0.211. The van der Waals surface area contributed by atoms with E-state index in [0.717, 1.165) is 29.5 Å². The molecule has 9 heteroatoms. The lowest BCUT2D eigenvalue weighted by atomic mass is 10.1. The zero-order valence-electron chi connectivity index (χ0n) is 15.6. The van der Waals surface area contributed by atoms with Crippen LogP contribution in [-0.2, 0) is 17.6 Å². The van der Waals surface area contributed by atoms with Gasteiger partial charge < -0.3 is 19.3 Å². The number of rotatable bonds is 6. The topological polar surface area (TPSA) is 77.9 Å². The molecule has 1 aromatic heterocycles. The number of aromatic nitrogens is 1. The Labute approximate surface area is 168 Å². The molecular formula is C20H17F2NO5S. The molecule has 6 nitrogen and oxygen atoms in total. The molecule has 1 heterocycles. The number of ether oxygens (including phenoxy) is 3. The third kappa shape index (κ3) is 3.46. The Balaban J connectivity index is 1.79. The smallest absolute Gasteiger partial charge is 0.493 e. The first-order chi connectivity index (χ1) is 13.8. The fourth-order valence-corrected chi connectivity index (χ4v) is 4.39. The number of fused-ring (bicyclic) bond motifs is 2. The van der Waals surface area contributed by atoms with E-state index in [1.807, 2.05) is 0 Å². The third-order valence-corrected chi connectivity index (χ3v) is 5.86. The second kappa shape index (κ2) is 7.14. The summed E-state index contributed by atoms with van der Waals surface area (Å²) in [6.45, 7) is 0. The molecule has 1 N–H and O–H groups in total. The molecule has 0 spiro atoms. The molecule has 0 fully saturated rings. The average molecular weight is 421 g/mol. The summed E-state index contributed by atoms with van der Waals surface area (Å²) in [4.78, 5) is 15.4. The van der Waals surface area contributed by atoms with Crippen LogP contribution in [0.1, 0.15) is 17.5 Å². The van der Waals surface area contributed by atoms with Crippen LogP contribution in [0.15, 0.2) is 24.3 Å². The zero-order valence-corrected chi connectivity index (χ0v) is 16.4. The van der Waals surface area contributed by atoms with Crippen molar-refractivity contribution in [1.29, 1.82) is 0 Å². The number of thiazole rings is 1. The summed E-state index contributed by atoms with van der Waals surface area (Å²) in [5, 5.41) is 9.31. The summed E-state index contributed by atoms with van der Waals surface area (Å²) in [6, 6.07) is 7.19. The summed E-state index contributed by atoms with van der Waals surface area (Å²) in [5.41, 5.74) is 4.11. The molecule has 0 radical (unpaired) electrons. The van der Waals surface area contributed by atoms with Crippen molar-refractivity contribution in [2.75, 3.05) is 14.2 Å². The number of alkyl halides is 2. The Morgan fingerprint density at radius 1 is 1.10 bits per heavy atom. The van der Waals surface area contributed by atoms with Crippen LogP contribution in [0.3, 0.4) is 0 Å². The maximum absolute atomic E-state index is 13.6. The number of aryl methyl sites for hydroxylation is 2. The summed E-state index contributed by atoms with van der Waals surface area (Å²) in [6.07, 6.45) is -1.18. The first-order valence-corrected chi connectivity index (χ1v) is 9.63. The number of nitrogens with zero attached hydrogens (tertiary/aromatic N) is 1. The van der Waals surface area contributed by atoms with E-state index < -0.39 is 17.8 Å². The van der Waals surface area contributed by atoms with E-state index in [1.54, 1.807) is 0 Å². The van der Waals surface area contributed by atoms with E-state index in [1.165, 1.54) is 48.8 Å². The van der Waals surface area contributed by atoms with E-state index in [4.69, 9.17) is 14.6 Å². The molecule has 0 aliphatic heterocycles. The lowest BCUT2D eigenvalue weighted by Gasteiger charge is -2.18. The normalized spacial score (nSPS) is 13.4. The van der Waals surface area contributed by atoms with Crippen LogP contribution < -0.4 is 14.2 Å². The molecule has 152 valence electrons. The van der Waals surface area contributed by atoms with Crippen molar-refractivity contribution in [2.24, 2.45) is 0 Å². The number of hydrogen-bond donors (Lipinski definition) is 1. The van der Waals surface area contributed by atoms with Crippen LogP contribution in [-0.4, -0.2) is 36.4 Å². The highest BCUT2D eigenvalue weighted by Gasteiger charge is 2.44. The number of hydrogen-bond acceptors (Lipinski definition) is 6. The largest absolute Gasteiger partial charge is 0.502 e. The molecule has 29 heavy (non-hydrogen) atoms. The number of aliphatic carboxylic acids is 1. The summed E-state index contributed by atoms with van der Waals surface area (Å²) < 4.78 is 43.0. The van der Waals surface area contributed by atoms with Gasteiger partial charge >= 0.3 is 12.1 Å². The summed E-state index contributed by atoms with van der Waals surface area (Å²) in [5.74, 6) is -3.07. The fourth-order valence-electron chi connectivity index (χ4n) is 3.39. The Kier molecular flexibility index (Phi) is 4.77. The molecule has 0 saturated carbocycles. The Hall–Kier alpha value is -2.94. The van der Waals surface area contributed by atoms with Gasteiger partial charge in [-0.3, -0.25) is 0 Å². The van der Waals surface area contributed by atoms with Gasteiger partial charge in [0, 0.05) is 5.56 Å². The van der Waals surface area contributed by atoms with Crippen molar-refractivity contribution in [1.82, 2.24) is 4.98 Å². The van der Waals surface area contributed by atoms with Gasteiger partial charge in [-0.25, -0.2) is 9.78 Å². The number of carboxylic acids is 1. The van der Waals surface area contributed by atoms with E-state index in [0.29, 0.717) is 10.6 Å². The van der Waals surface area contributed by atoms with Crippen molar-refractivity contribution < 1.29 is 32.9 Å². The van der Waals surface area contributed by atoms with E-state index in [-0.39, 0.29) is 11.5 Å². The molecule has 1 aliphatic carbocycles.